The molecule has 0 aliphatic heterocycles. The van der Waals surface area contributed by atoms with Crippen LogP contribution in [0.3, 0.4) is 0 Å². The van der Waals surface area contributed by atoms with Gasteiger partial charge in [0.15, 0.2) is 0 Å². The first-order chi connectivity index (χ1) is 9.56. The maximum absolute atomic E-state index is 13.2. The first-order valence-corrected chi connectivity index (χ1v) is 6.85. The summed E-state index contributed by atoms with van der Waals surface area (Å²) in [7, 11) is 2.04. The molecule has 0 radical (unpaired) electrons. The number of nitrogens with zero attached hydrogens (tertiary/aromatic N) is 1. The van der Waals surface area contributed by atoms with E-state index in [1.807, 2.05) is 13.1 Å². The van der Waals surface area contributed by atoms with Gasteiger partial charge < -0.3 is 10.6 Å². The predicted molar refractivity (Wildman–Crippen MR) is 82.4 cm³/mol. The third kappa shape index (κ3) is 3.81. The van der Waals surface area contributed by atoms with Gasteiger partial charge in [-0.3, -0.25) is 0 Å². The molecule has 0 bridgehead atoms. The minimum Gasteiger partial charge on any atom is -0.375 e. The largest absolute Gasteiger partial charge is 0.375 e. The summed E-state index contributed by atoms with van der Waals surface area (Å²) in [6.45, 7) is 2.91. The summed E-state index contributed by atoms with van der Waals surface area (Å²) in [4.78, 5) is 2.17. The molecule has 0 heterocycles. The van der Waals surface area contributed by atoms with Crippen LogP contribution in [0.2, 0.25) is 0 Å². The third-order valence-electron chi connectivity index (χ3n) is 3.53. The molecule has 106 valence electrons. The van der Waals surface area contributed by atoms with Crippen LogP contribution in [0.15, 0.2) is 48.5 Å². The highest BCUT2D eigenvalue weighted by Gasteiger charge is 2.08. The van der Waals surface area contributed by atoms with Crippen molar-refractivity contribution in [2.24, 2.45) is 5.73 Å². The Bertz CT molecular complexity index is 551. The molecule has 0 spiro atoms. The summed E-state index contributed by atoms with van der Waals surface area (Å²) in [6, 6.07) is 14.8. The van der Waals surface area contributed by atoms with Gasteiger partial charge in [-0.05, 0) is 43.2 Å². The van der Waals surface area contributed by atoms with Crippen LogP contribution in [-0.2, 0) is 0 Å². The van der Waals surface area contributed by atoms with Crippen molar-refractivity contribution in [3.05, 3.63) is 65.5 Å². The Morgan fingerprint density at radius 1 is 1.15 bits per heavy atom. The Kier molecular flexibility index (Phi) is 4.74. The second-order valence-electron chi connectivity index (χ2n) is 5.21. The van der Waals surface area contributed by atoms with E-state index in [2.05, 4.69) is 36.1 Å². The van der Waals surface area contributed by atoms with Crippen molar-refractivity contribution < 1.29 is 4.39 Å². The molecule has 0 aliphatic rings. The number of benzene rings is 2. The minimum atomic E-state index is -0.232. The predicted octanol–water partition coefficient (Wildman–Crippen LogP) is 3.66. The molecular weight excluding hydrogens is 251 g/mol. The molecule has 0 aliphatic carbocycles. The van der Waals surface area contributed by atoms with Gasteiger partial charge >= 0.3 is 0 Å². The van der Waals surface area contributed by atoms with E-state index in [-0.39, 0.29) is 11.9 Å². The molecule has 2 rings (SSSR count). The summed E-state index contributed by atoms with van der Waals surface area (Å²) < 4.78 is 13.2. The number of anilines is 1. The number of nitrogens with two attached hydrogens (primary N) is 1. The molecule has 0 amide bonds. The van der Waals surface area contributed by atoms with Gasteiger partial charge in [-0.1, -0.05) is 29.8 Å². The first kappa shape index (κ1) is 14.5. The normalized spacial score (nSPS) is 12.2. The zero-order chi connectivity index (χ0) is 14.5. The number of rotatable bonds is 5. The summed E-state index contributed by atoms with van der Waals surface area (Å²) in [5.74, 6) is -0.232. The summed E-state index contributed by atoms with van der Waals surface area (Å²) in [5, 5.41) is 0. The molecule has 3 heteroatoms. The highest BCUT2D eigenvalue weighted by Crippen LogP contribution is 2.18. The van der Waals surface area contributed by atoms with Gasteiger partial charge in [0.2, 0.25) is 0 Å². The van der Waals surface area contributed by atoms with Crippen molar-refractivity contribution in [1.82, 2.24) is 0 Å². The van der Waals surface area contributed by atoms with Crippen LogP contribution in [0.4, 0.5) is 10.1 Å². The van der Waals surface area contributed by atoms with Gasteiger partial charge in [-0.25, -0.2) is 4.39 Å². The monoisotopic (exact) mass is 272 g/mol. The molecule has 0 saturated heterocycles. The third-order valence-corrected chi connectivity index (χ3v) is 3.53. The highest BCUT2D eigenvalue weighted by molar-refractivity contribution is 5.46. The van der Waals surface area contributed by atoms with Crippen LogP contribution in [0.1, 0.15) is 23.6 Å². The summed E-state index contributed by atoms with van der Waals surface area (Å²) in [6.07, 6.45) is 0.786. The van der Waals surface area contributed by atoms with Crippen molar-refractivity contribution in [2.75, 3.05) is 18.5 Å². The Labute approximate surface area is 120 Å². The maximum atomic E-state index is 13.2. The fourth-order valence-electron chi connectivity index (χ4n) is 2.16. The molecule has 2 nitrogen and oxygen atoms in total. The molecule has 0 saturated carbocycles. The molecule has 0 aromatic heterocycles. The van der Waals surface area contributed by atoms with E-state index in [1.54, 1.807) is 6.07 Å². The maximum Gasteiger partial charge on any atom is 0.123 e. The SMILES string of the molecule is Cc1ccc(N(C)CCC(N)c2cccc(F)c2)cc1. The molecular formula is C17H21FN2. The Morgan fingerprint density at radius 2 is 1.85 bits per heavy atom. The van der Waals surface area contributed by atoms with Crippen molar-refractivity contribution in [3.8, 4) is 0 Å². The molecule has 2 N–H and O–H groups in total. The lowest BCUT2D eigenvalue weighted by Gasteiger charge is -2.22. The van der Waals surface area contributed by atoms with E-state index in [4.69, 9.17) is 5.73 Å². The molecule has 1 atom stereocenters. The van der Waals surface area contributed by atoms with Gasteiger partial charge in [-0.15, -0.1) is 0 Å². The Balaban J connectivity index is 1.93. The second-order valence-corrected chi connectivity index (χ2v) is 5.21. The highest BCUT2D eigenvalue weighted by atomic mass is 19.1. The fourth-order valence-corrected chi connectivity index (χ4v) is 2.16. The topological polar surface area (TPSA) is 29.3 Å². The molecule has 2 aromatic carbocycles. The number of halogens is 1. The lowest BCUT2D eigenvalue weighted by Crippen LogP contribution is -2.23. The number of aryl methyl sites for hydroxylation is 1. The minimum absolute atomic E-state index is 0.140. The summed E-state index contributed by atoms with van der Waals surface area (Å²) >= 11 is 0. The van der Waals surface area contributed by atoms with Crippen molar-refractivity contribution in [1.29, 1.82) is 0 Å². The average Bonchev–Trinajstić information content (AvgIpc) is 2.45. The zero-order valence-corrected chi connectivity index (χ0v) is 12.0. The standard InChI is InChI=1S/C17H21FN2/c1-13-6-8-16(9-7-13)20(2)11-10-17(19)14-4-3-5-15(18)12-14/h3-9,12,17H,10-11,19H2,1-2H3. The van der Waals surface area contributed by atoms with Crippen molar-refractivity contribution in [2.45, 2.75) is 19.4 Å². The van der Waals surface area contributed by atoms with Gasteiger partial charge in [0.1, 0.15) is 5.82 Å². The van der Waals surface area contributed by atoms with E-state index < -0.39 is 0 Å². The van der Waals surface area contributed by atoms with E-state index in [1.165, 1.54) is 23.4 Å². The molecule has 0 fully saturated rings. The molecule has 20 heavy (non-hydrogen) atoms. The van der Waals surface area contributed by atoms with E-state index in [9.17, 15) is 4.39 Å². The van der Waals surface area contributed by atoms with E-state index in [0.29, 0.717) is 0 Å². The quantitative estimate of drug-likeness (QED) is 0.900. The van der Waals surface area contributed by atoms with Gasteiger partial charge in [0.05, 0.1) is 0 Å². The van der Waals surface area contributed by atoms with Crippen LogP contribution >= 0.6 is 0 Å². The van der Waals surface area contributed by atoms with Gasteiger partial charge in [0, 0.05) is 25.3 Å². The van der Waals surface area contributed by atoms with Gasteiger partial charge in [-0.2, -0.15) is 0 Å². The van der Waals surface area contributed by atoms with E-state index in [0.717, 1.165) is 18.5 Å². The smallest absolute Gasteiger partial charge is 0.123 e. The van der Waals surface area contributed by atoms with Gasteiger partial charge in [0.25, 0.3) is 0 Å². The molecule has 1 unspecified atom stereocenters. The number of hydrogen-bond acceptors (Lipinski definition) is 2. The number of hydrogen-bond donors (Lipinski definition) is 1. The lowest BCUT2D eigenvalue weighted by atomic mass is 10.0. The molecule has 2 aromatic rings. The first-order valence-electron chi connectivity index (χ1n) is 6.85. The van der Waals surface area contributed by atoms with Crippen LogP contribution < -0.4 is 10.6 Å². The van der Waals surface area contributed by atoms with Crippen LogP contribution in [0, 0.1) is 12.7 Å². The van der Waals surface area contributed by atoms with Crippen molar-refractivity contribution in [3.63, 3.8) is 0 Å². The lowest BCUT2D eigenvalue weighted by molar-refractivity contribution is 0.608. The van der Waals surface area contributed by atoms with Crippen LogP contribution in [-0.4, -0.2) is 13.6 Å². The fraction of sp³-hybridized carbons (Fsp3) is 0.294. The van der Waals surface area contributed by atoms with Crippen LogP contribution in [0.5, 0.6) is 0 Å². The Morgan fingerprint density at radius 3 is 2.50 bits per heavy atom. The van der Waals surface area contributed by atoms with Crippen LogP contribution in [0.25, 0.3) is 0 Å². The Hall–Kier alpha value is -1.87. The zero-order valence-electron chi connectivity index (χ0n) is 12.0. The second kappa shape index (κ2) is 6.53. The van der Waals surface area contributed by atoms with Crippen molar-refractivity contribution >= 4 is 5.69 Å². The summed E-state index contributed by atoms with van der Waals surface area (Å²) in [5.41, 5.74) is 9.39. The van der Waals surface area contributed by atoms with E-state index >= 15 is 0 Å². The average molecular weight is 272 g/mol.